The van der Waals surface area contributed by atoms with E-state index in [1.165, 1.54) is 0 Å². The van der Waals surface area contributed by atoms with Crippen LogP contribution in [0, 0.1) is 5.92 Å². The van der Waals surface area contributed by atoms with Crippen LogP contribution in [0.1, 0.15) is 28.9 Å². The maximum absolute atomic E-state index is 13.3. The van der Waals surface area contributed by atoms with Gasteiger partial charge in [0.25, 0.3) is 5.91 Å². The zero-order valence-electron chi connectivity index (χ0n) is 15.8. The van der Waals surface area contributed by atoms with Crippen LogP contribution in [-0.4, -0.2) is 41.5 Å². The average Bonchev–Trinajstić information content (AvgIpc) is 3.30. The lowest BCUT2D eigenvalue weighted by molar-refractivity contribution is -0.123. The third kappa shape index (κ3) is 3.38. The number of carbonyl (C=O) groups excluding carboxylic acids is 2. The second kappa shape index (κ2) is 7.67. The number of likely N-dealkylation sites (tertiary alicyclic amines) is 1. The molecule has 3 aromatic rings. The number of thiophene rings is 1. The molecule has 0 radical (unpaired) electrons. The number of aromatic nitrogens is 1. The lowest BCUT2D eigenvalue weighted by Gasteiger charge is -2.30. The molecule has 0 unspecified atom stereocenters. The van der Waals surface area contributed by atoms with Crippen LogP contribution >= 0.6 is 11.3 Å². The van der Waals surface area contributed by atoms with Gasteiger partial charge in [-0.05, 0) is 36.4 Å². The van der Waals surface area contributed by atoms with Gasteiger partial charge in [0, 0.05) is 30.0 Å². The van der Waals surface area contributed by atoms with Crippen molar-refractivity contribution >= 4 is 33.4 Å². The molecule has 1 fully saturated rings. The van der Waals surface area contributed by atoms with Crippen LogP contribution in [0.3, 0.4) is 0 Å². The predicted molar refractivity (Wildman–Crippen MR) is 110 cm³/mol. The fourth-order valence-corrected chi connectivity index (χ4v) is 4.74. The molecule has 146 valence electrons. The van der Waals surface area contributed by atoms with Gasteiger partial charge in [0.05, 0.1) is 13.7 Å². The van der Waals surface area contributed by atoms with E-state index in [0.29, 0.717) is 38.2 Å². The molecule has 0 aliphatic carbocycles. The highest BCUT2D eigenvalue weighted by Crippen LogP contribution is 2.30. The third-order valence-electron chi connectivity index (χ3n) is 5.43. The highest BCUT2D eigenvalue weighted by atomic mass is 32.1. The van der Waals surface area contributed by atoms with Crippen LogP contribution in [0.15, 0.2) is 41.8 Å². The largest absolute Gasteiger partial charge is 0.496 e. The highest BCUT2D eigenvalue weighted by Gasteiger charge is 2.28. The van der Waals surface area contributed by atoms with Crippen LogP contribution in [0.5, 0.6) is 5.75 Å². The first kappa shape index (κ1) is 18.6. The van der Waals surface area contributed by atoms with Crippen molar-refractivity contribution in [1.82, 2.24) is 9.47 Å². The number of piperidine rings is 1. The van der Waals surface area contributed by atoms with E-state index >= 15 is 0 Å². The monoisotopic (exact) mass is 397 g/mol. The number of nitrogens with zero attached hydrogens (tertiary/aromatic N) is 2. The van der Waals surface area contributed by atoms with Gasteiger partial charge in [-0.1, -0.05) is 18.2 Å². The Morgan fingerprint density at radius 1 is 1.21 bits per heavy atom. The number of methoxy groups -OCH3 is 1. The smallest absolute Gasteiger partial charge is 0.270 e. The minimum Gasteiger partial charge on any atom is -0.496 e. The molecule has 0 bridgehead atoms. The number of carbonyl (C=O) groups is 2. The van der Waals surface area contributed by atoms with Gasteiger partial charge >= 0.3 is 0 Å². The van der Waals surface area contributed by atoms with E-state index in [9.17, 15) is 9.59 Å². The molecule has 3 heterocycles. The Labute approximate surface area is 167 Å². The number of ether oxygens (including phenoxy) is 1. The van der Waals surface area contributed by atoms with Crippen LogP contribution in [0.25, 0.3) is 10.2 Å². The Kier molecular flexibility index (Phi) is 5.09. The van der Waals surface area contributed by atoms with Crippen molar-refractivity contribution in [3.8, 4) is 5.75 Å². The molecule has 28 heavy (non-hydrogen) atoms. The Hall–Kier alpha value is -2.80. The normalized spacial score (nSPS) is 15.1. The number of hydrogen-bond acceptors (Lipinski definition) is 4. The number of primary amides is 1. The number of benzene rings is 1. The van der Waals surface area contributed by atoms with E-state index in [-0.39, 0.29) is 17.7 Å². The van der Waals surface area contributed by atoms with Crippen molar-refractivity contribution < 1.29 is 14.3 Å². The van der Waals surface area contributed by atoms with Crippen LogP contribution in [0.2, 0.25) is 0 Å². The molecule has 2 aromatic heterocycles. The minimum atomic E-state index is -0.271. The van der Waals surface area contributed by atoms with Gasteiger partial charge in [0.1, 0.15) is 16.3 Å². The molecule has 1 aliphatic rings. The standard InChI is InChI=1S/C21H23N3O3S/c1-27-18-5-3-2-4-16(18)13-24-17(12-15-8-11-28-21(15)24)20(26)23-9-6-14(7-10-23)19(22)25/h2-5,8,11-12,14H,6-7,9-10,13H2,1H3,(H2,22,25). The van der Waals surface area contributed by atoms with Crippen molar-refractivity contribution in [2.24, 2.45) is 11.7 Å². The van der Waals surface area contributed by atoms with Crippen molar-refractivity contribution in [2.45, 2.75) is 19.4 Å². The van der Waals surface area contributed by atoms with Gasteiger partial charge < -0.3 is 19.9 Å². The predicted octanol–water partition coefficient (Wildman–Crippen LogP) is 3.10. The van der Waals surface area contributed by atoms with Crippen molar-refractivity contribution in [2.75, 3.05) is 20.2 Å². The molecule has 0 atom stereocenters. The number of amides is 2. The van der Waals surface area contributed by atoms with Crippen LogP contribution < -0.4 is 10.5 Å². The lowest BCUT2D eigenvalue weighted by atomic mass is 9.96. The lowest BCUT2D eigenvalue weighted by Crippen LogP contribution is -2.42. The van der Waals surface area contributed by atoms with Gasteiger partial charge in [-0.2, -0.15) is 0 Å². The molecule has 7 heteroatoms. The van der Waals surface area contributed by atoms with Crippen LogP contribution in [0.4, 0.5) is 0 Å². The summed E-state index contributed by atoms with van der Waals surface area (Å²) in [6, 6.07) is 11.9. The Morgan fingerprint density at radius 2 is 1.96 bits per heavy atom. The fourth-order valence-electron chi connectivity index (χ4n) is 3.84. The van der Waals surface area contributed by atoms with Crippen molar-refractivity contribution in [1.29, 1.82) is 0 Å². The first-order valence-corrected chi connectivity index (χ1v) is 10.2. The molecular weight excluding hydrogens is 374 g/mol. The van der Waals surface area contributed by atoms with Crippen molar-refractivity contribution in [3.05, 3.63) is 53.0 Å². The van der Waals surface area contributed by atoms with Gasteiger partial charge in [0.2, 0.25) is 5.91 Å². The summed E-state index contributed by atoms with van der Waals surface area (Å²) in [7, 11) is 1.66. The SMILES string of the molecule is COc1ccccc1Cn1c(C(=O)N2CCC(C(N)=O)CC2)cc2ccsc21. The van der Waals surface area contributed by atoms with E-state index in [2.05, 4.69) is 4.57 Å². The molecule has 6 nitrogen and oxygen atoms in total. The summed E-state index contributed by atoms with van der Waals surface area (Å²) >= 11 is 1.63. The minimum absolute atomic E-state index is 0.00113. The fraction of sp³-hybridized carbons (Fsp3) is 0.333. The Morgan fingerprint density at radius 3 is 2.68 bits per heavy atom. The zero-order valence-corrected chi connectivity index (χ0v) is 16.6. The summed E-state index contributed by atoms with van der Waals surface area (Å²) in [6.07, 6.45) is 1.26. The summed E-state index contributed by atoms with van der Waals surface area (Å²) in [5.74, 6) is 0.405. The molecule has 2 N–H and O–H groups in total. The summed E-state index contributed by atoms with van der Waals surface area (Å²) in [5, 5.41) is 3.10. The second-order valence-corrected chi connectivity index (χ2v) is 7.97. The molecular formula is C21H23N3O3S. The second-order valence-electron chi connectivity index (χ2n) is 7.08. The Balaban J connectivity index is 1.64. The Bertz CT molecular complexity index is 1020. The third-order valence-corrected chi connectivity index (χ3v) is 6.38. The first-order valence-electron chi connectivity index (χ1n) is 9.35. The number of hydrogen-bond donors (Lipinski definition) is 1. The van der Waals surface area contributed by atoms with E-state index in [1.54, 1.807) is 18.4 Å². The summed E-state index contributed by atoms with van der Waals surface area (Å²) < 4.78 is 7.56. The summed E-state index contributed by atoms with van der Waals surface area (Å²) in [6.45, 7) is 1.67. The molecule has 0 saturated carbocycles. The van der Waals surface area contributed by atoms with E-state index in [4.69, 9.17) is 10.5 Å². The van der Waals surface area contributed by atoms with Gasteiger partial charge in [-0.15, -0.1) is 11.3 Å². The van der Waals surface area contributed by atoms with E-state index in [0.717, 1.165) is 21.5 Å². The average molecular weight is 398 g/mol. The van der Waals surface area contributed by atoms with Crippen LogP contribution in [-0.2, 0) is 11.3 Å². The molecule has 1 aliphatic heterocycles. The number of nitrogens with two attached hydrogens (primary N) is 1. The van der Waals surface area contributed by atoms with Gasteiger partial charge in [-0.3, -0.25) is 9.59 Å². The maximum Gasteiger partial charge on any atom is 0.270 e. The summed E-state index contributed by atoms with van der Waals surface area (Å²) in [5.41, 5.74) is 7.11. The zero-order chi connectivity index (χ0) is 19.7. The van der Waals surface area contributed by atoms with E-state index < -0.39 is 0 Å². The van der Waals surface area contributed by atoms with E-state index in [1.807, 2.05) is 46.7 Å². The number of rotatable bonds is 5. The highest BCUT2D eigenvalue weighted by molar-refractivity contribution is 7.16. The number of para-hydroxylation sites is 1. The summed E-state index contributed by atoms with van der Waals surface area (Å²) in [4.78, 5) is 27.6. The van der Waals surface area contributed by atoms with Gasteiger partial charge in [-0.25, -0.2) is 0 Å². The molecule has 1 aromatic carbocycles. The molecule has 1 saturated heterocycles. The quantitative estimate of drug-likeness (QED) is 0.719. The number of fused-ring (bicyclic) bond motifs is 1. The topological polar surface area (TPSA) is 77.6 Å². The molecule has 4 rings (SSSR count). The van der Waals surface area contributed by atoms with Gasteiger partial charge in [0.15, 0.2) is 0 Å². The maximum atomic E-state index is 13.3. The first-order chi connectivity index (χ1) is 13.6. The van der Waals surface area contributed by atoms with Crippen molar-refractivity contribution in [3.63, 3.8) is 0 Å². The molecule has 2 amide bonds. The molecule has 0 spiro atoms.